The molecule has 1 saturated heterocycles. The topological polar surface area (TPSA) is 114 Å². The molecule has 0 spiro atoms. The van der Waals surface area contributed by atoms with Crippen molar-refractivity contribution in [2.45, 2.75) is 25.4 Å². The Labute approximate surface area is 254 Å². The van der Waals surface area contributed by atoms with Crippen molar-refractivity contribution < 1.29 is 42.9 Å². The molecule has 0 amide bonds. The second kappa shape index (κ2) is 13.8. The second-order valence-electron chi connectivity index (χ2n) is 10.4. The largest absolute Gasteiger partial charge is 0.461 e. The van der Waals surface area contributed by atoms with Gasteiger partial charge in [0, 0.05) is 0 Å². The predicted molar refractivity (Wildman–Crippen MR) is 158 cm³/mol. The molecule has 1 aliphatic rings. The van der Waals surface area contributed by atoms with Gasteiger partial charge in [0.15, 0.2) is 6.10 Å². The molecule has 0 aliphatic carbocycles. The number of hydrogen-bond donors (Lipinski definition) is 0. The molecule has 1 unspecified atom stereocenters. The lowest BCUT2D eigenvalue weighted by atomic mass is 9.81. The molecule has 4 aromatic rings. The number of carbonyl (C=O) groups is 4. The summed E-state index contributed by atoms with van der Waals surface area (Å²) in [4.78, 5) is 52.2. The van der Waals surface area contributed by atoms with Gasteiger partial charge in [-0.15, -0.1) is 0 Å². The Morgan fingerprint density at radius 1 is 0.568 bits per heavy atom. The number of ether oxygens (including phenoxy) is 5. The van der Waals surface area contributed by atoms with E-state index in [1.807, 2.05) is 0 Å². The van der Waals surface area contributed by atoms with Crippen LogP contribution in [-0.4, -0.2) is 55.6 Å². The van der Waals surface area contributed by atoms with Gasteiger partial charge in [0.2, 0.25) is 6.29 Å². The van der Waals surface area contributed by atoms with Crippen LogP contribution in [0.25, 0.3) is 0 Å². The van der Waals surface area contributed by atoms with Crippen LogP contribution in [0.3, 0.4) is 0 Å². The van der Waals surface area contributed by atoms with Gasteiger partial charge in [0.05, 0.1) is 27.7 Å². The monoisotopic (exact) mass is 594 g/mol. The van der Waals surface area contributed by atoms with Crippen LogP contribution < -0.4 is 0 Å². The molecule has 0 bridgehead atoms. The van der Waals surface area contributed by atoms with Gasteiger partial charge in [-0.1, -0.05) is 72.8 Å². The molecule has 9 nitrogen and oxygen atoms in total. The SMILES string of the molecule is C[C@]1(COC(=O)c2ccccc2)[C@H](OC(=O)c2ccccc2)C(OC(=O)c2ccccc2)O[C@@H]1COC(=O)c1ccccc1. The lowest BCUT2D eigenvalue weighted by molar-refractivity contribution is -0.141. The third-order valence-electron chi connectivity index (χ3n) is 7.31. The second-order valence-corrected chi connectivity index (χ2v) is 10.4. The highest BCUT2D eigenvalue weighted by Crippen LogP contribution is 2.43. The summed E-state index contributed by atoms with van der Waals surface area (Å²) < 4.78 is 29.1. The summed E-state index contributed by atoms with van der Waals surface area (Å²) in [7, 11) is 0. The summed E-state index contributed by atoms with van der Waals surface area (Å²) in [6.07, 6.45) is -3.69. The maximum atomic E-state index is 13.3. The van der Waals surface area contributed by atoms with E-state index in [-0.39, 0.29) is 24.3 Å². The summed E-state index contributed by atoms with van der Waals surface area (Å²) in [6, 6.07) is 33.3. The minimum Gasteiger partial charge on any atom is -0.461 e. The highest BCUT2D eigenvalue weighted by atomic mass is 16.7. The zero-order valence-corrected chi connectivity index (χ0v) is 23.9. The third kappa shape index (κ3) is 7.02. The van der Waals surface area contributed by atoms with Crippen LogP contribution in [0.1, 0.15) is 48.4 Å². The summed E-state index contributed by atoms with van der Waals surface area (Å²) in [5, 5.41) is 0. The highest BCUT2D eigenvalue weighted by molar-refractivity contribution is 5.91. The average molecular weight is 595 g/mol. The minimum atomic E-state index is -1.42. The average Bonchev–Trinajstić information content (AvgIpc) is 3.33. The van der Waals surface area contributed by atoms with E-state index in [1.54, 1.807) is 128 Å². The molecule has 0 aromatic heterocycles. The summed E-state index contributed by atoms with van der Waals surface area (Å²) in [6.45, 7) is 1.03. The molecular weight excluding hydrogens is 564 g/mol. The van der Waals surface area contributed by atoms with Crippen LogP contribution in [0.2, 0.25) is 0 Å². The Hall–Kier alpha value is -5.28. The normalized spacial score (nSPS) is 20.7. The summed E-state index contributed by atoms with van der Waals surface area (Å²) in [5.74, 6) is -2.66. The Kier molecular flexibility index (Phi) is 9.46. The Morgan fingerprint density at radius 2 is 0.955 bits per heavy atom. The number of benzene rings is 4. The lowest BCUT2D eigenvalue weighted by Gasteiger charge is -2.33. The maximum Gasteiger partial charge on any atom is 0.340 e. The van der Waals surface area contributed by atoms with Gasteiger partial charge in [0.25, 0.3) is 0 Å². The van der Waals surface area contributed by atoms with Crippen molar-refractivity contribution in [3.63, 3.8) is 0 Å². The van der Waals surface area contributed by atoms with E-state index >= 15 is 0 Å². The molecule has 0 saturated carbocycles. The van der Waals surface area contributed by atoms with Gasteiger partial charge < -0.3 is 23.7 Å². The van der Waals surface area contributed by atoms with Crippen molar-refractivity contribution in [3.05, 3.63) is 144 Å². The molecule has 0 N–H and O–H groups in total. The van der Waals surface area contributed by atoms with E-state index < -0.39 is 47.8 Å². The quantitative estimate of drug-likeness (QED) is 0.173. The van der Waals surface area contributed by atoms with Crippen LogP contribution in [0.4, 0.5) is 0 Å². The van der Waals surface area contributed by atoms with Crippen LogP contribution in [0, 0.1) is 5.41 Å². The van der Waals surface area contributed by atoms with Crippen LogP contribution in [0.5, 0.6) is 0 Å². The van der Waals surface area contributed by atoms with Gasteiger partial charge in [0.1, 0.15) is 19.3 Å². The van der Waals surface area contributed by atoms with Gasteiger partial charge in [-0.3, -0.25) is 0 Å². The van der Waals surface area contributed by atoms with Gasteiger partial charge >= 0.3 is 23.9 Å². The van der Waals surface area contributed by atoms with E-state index in [4.69, 9.17) is 23.7 Å². The van der Waals surface area contributed by atoms with E-state index in [0.29, 0.717) is 11.1 Å². The number of esters is 4. The number of carbonyl (C=O) groups excluding carboxylic acids is 4. The standard InChI is InChI=1S/C35H30O9/c1-35(23-41-31(37)25-16-8-3-9-17-25)28(22-40-30(36)24-14-6-2-7-15-24)42-34(44-33(39)27-20-12-5-13-21-27)29(35)43-32(38)26-18-10-4-11-19-26/h2-21,28-29,34H,22-23H2,1H3/t28-,29-,34?,35-/m1/s1. The first-order valence-electron chi connectivity index (χ1n) is 14.0. The molecule has 4 aromatic carbocycles. The first-order valence-corrected chi connectivity index (χ1v) is 14.0. The zero-order valence-electron chi connectivity index (χ0n) is 23.9. The van der Waals surface area contributed by atoms with Crippen molar-refractivity contribution >= 4 is 23.9 Å². The molecule has 5 rings (SSSR count). The van der Waals surface area contributed by atoms with Gasteiger partial charge in [-0.05, 0) is 55.5 Å². The minimum absolute atomic E-state index is 0.250. The maximum absolute atomic E-state index is 13.3. The van der Waals surface area contributed by atoms with Crippen molar-refractivity contribution in [2.24, 2.45) is 5.41 Å². The van der Waals surface area contributed by atoms with Crippen molar-refractivity contribution in [3.8, 4) is 0 Å². The van der Waals surface area contributed by atoms with E-state index in [9.17, 15) is 19.2 Å². The molecule has 1 aliphatic heterocycles. The van der Waals surface area contributed by atoms with Crippen LogP contribution in [0.15, 0.2) is 121 Å². The van der Waals surface area contributed by atoms with Crippen LogP contribution >= 0.6 is 0 Å². The molecule has 4 atom stereocenters. The van der Waals surface area contributed by atoms with Gasteiger partial charge in [-0.2, -0.15) is 0 Å². The van der Waals surface area contributed by atoms with Gasteiger partial charge in [-0.25, -0.2) is 19.2 Å². The molecule has 0 radical (unpaired) electrons. The zero-order chi connectivity index (χ0) is 30.9. The Balaban J connectivity index is 1.45. The fraction of sp³-hybridized carbons (Fsp3) is 0.200. The first-order chi connectivity index (χ1) is 21.3. The molecule has 9 heteroatoms. The van der Waals surface area contributed by atoms with Crippen molar-refractivity contribution in [2.75, 3.05) is 13.2 Å². The summed E-state index contributed by atoms with van der Waals surface area (Å²) in [5.41, 5.74) is -0.189. The first kappa shape index (κ1) is 30.2. The smallest absolute Gasteiger partial charge is 0.340 e. The molecular formula is C35H30O9. The number of rotatable bonds is 10. The highest BCUT2D eigenvalue weighted by Gasteiger charge is 2.59. The Bertz CT molecular complexity index is 1580. The summed E-state index contributed by atoms with van der Waals surface area (Å²) >= 11 is 0. The fourth-order valence-electron chi connectivity index (χ4n) is 4.76. The molecule has 1 heterocycles. The third-order valence-corrected chi connectivity index (χ3v) is 7.31. The van der Waals surface area contributed by atoms with E-state index in [1.165, 1.54) is 0 Å². The fourth-order valence-corrected chi connectivity index (χ4v) is 4.76. The lowest BCUT2D eigenvalue weighted by Crippen LogP contribution is -2.47. The van der Waals surface area contributed by atoms with E-state index in [2.05, 4.69) is 0 Å². The van der Waals surface area contributed by atoms with Crippen molar-refractivity contribution in [1.29, 1.82) is 0 Å². The van der Waals surface area contributed by atoms with Crippen LogP contribution in [-0.2, 0) is 23.7 Å². The molecule has 1 fully saturated rings. The molecule has 224 valence electrons. The Morgan fingerprint density at radius 3 is 1.41 bits per heavy atom. The molecule has 44 heavy (non-hydrogen) atoms. The predicted octanol–water partition coefficient (Wildman–Crippen LogP) is 5.51. The number of hydrogen-bond acceptors (Lipinski definition) is 9. The van der Waals surface area contributed by atoms with Crippen molar-refractivity contribution in [1.82, 2.24) is 0 Å². The van der Waals surface area contributed by atoms with E-state index in [0.717, 1.165) is 0 Å².